The summed E-state index contributed by atoms with van der Waals surface area (Å²) in [5.74, 6) is -1.73. The topological polar surface area (TPSA) is 86.7 Å². The molecule has 118 valence electrons. The van der Waals surface area contributed by atoms with Gasteiger partial charge in [-0.1, -0.05) is 24.3 Å². The van der Waals surface area contributed by atoms with Crippen LogP contribution in [0.25, 0.3) is 0 Å². The highest BCUT2D eigenvalue weighted by molar-refractivity contribution is 5.89. The first-order valence-corrected chi connectivity index (χ1v) is 7.20. The number of aryl methyl sites for hydroxylation is 1. The molecule has 6 nitrogen and oxygen atoms in total. The zero-order valence-electron chi connectivity index (χ0n) is 12.7. The average molecular weight is 304 g/mol. The zero-order chi connectivity index (χ0) is 16.3. The Labute approximate surface area is 129 Å². The van der Waals surface area contributed by atoms with Crippen molar-refractivity contribution >= 4 is 17.8 Å². The van der Waals surface area contributed by atoms with Gasteiger partial charge in [0.05, 0.1) is 18.4 Å². The number of amides is 2. The van der Waals surface area contributed by atoms with Gasteiger partial charge in [0.1, 0.15) is 0 Å². The van der Waals surface area contributed by atoms with Crippen molar-refractivity contribution in [3.05, 3.63) is 35.4 Å². The van der Waals surface area contributed by atoms with Gasteiger partial charge in [0.15, 0.2) is 0 Å². The van der Waals surface area contributed by atoms with Crippen LogP contribution in [0.4, 0.5) is 0 Å². The predicted molar refractivity (Wildman–Crippen MR) is 80.1 cm³/mol. The molecule has 1 aromatic carbocycles. The minimum Gasteiger partial charge on any atom is -0.481 e. The number of benzene rings is 1. The third-order valence-electron chi connectivity index (χ3n) is 3.97. The van der Waals surface area contributed by atoms with E-state index >= 15 is 0 Å². The van der Waals surface area contributed by atoms with Crippen LogP contribution in [0.2, 0.25) is 0 Å². The molecule has 0 saturated carbocycles. The number of carboxylic acids is 1. The van der Waals surface area contributed by atoms with Gasteiger partial charge >= 0.3 is 5.97 Å². The Morgan fingerprint density at radius 3 is 2.64 bits per heavy atom. The van der Waals surface area contributed by atoms with Crippen LogP contribution < -0.4 is 5.32 Å². The Balaban J connectivity index is 2.14. The van der Waals surface area contributed by atoms with Gasteiger partial charge in [-0.2, -0.15) is 0 Å². The number of nitrogens with zero attached hydrogens (tertiary/aromatic N) is 1. The minimum atomic E-state index is -0.979. The molecule has 0 bridgehead atoms. The van der Waals surface area contributed by atoms with Gasteiger partial charge in [0, 0.05) is 20.0 Å². The quantitative estimate of drug-likeness (QED) is 0.853. The molecule has 2 rings (SSSR count). The molecule has 0 spiro atoms. The maximum Gasteiger partial charge on any atom is 0.305 e. The maximum absolute atomic E-state index is 12.3. The lowest BCUT2D eigenvalue weighted by molar-refractivity contribution is -0.138. The predicted octanol–water partition coefficient (Wildman–Crippen LogP) is 1.11. The van der Waals surface area contributed by atoms with E-state index in [-0.39, 0.29) is 24.7 Å². The zero-order valence-corrected chi connectivity index (χ0v) is 12.7. The van der Waals surface area contributed by atoms with Crippen molar-refractivity contribution in [2.75, 3.05) is 13.6 Å². The fourth-order valence-corrected chi connectivity index (χ4v) is 2.72. The van der Waals surface area contributed by atoms with Crippen molar-refractivity contribution in [3.63, 3.8) is 0 Å². The lowest BCUT2D eigenvalue weighted by atomic mass is 9.97. The monoisotopic (exact) mass is 304 g/mol. The fraction of sp³-hybridized carbons (Fsp3) is 0.438. The summed E-state index contributed by atoms with van der Waals surface area (Å²) in [7, 11) is 1.66. The second-order valence-electron chi connectivity index (χ2n) is 5.69. The van der Waals surface area contributed by atoms with E-state index in [2.05, 4.69) is 5.32 Å². The Morgan fingerprint density at radius 2 is 2.09 bits per heavy atom. The number of carbonyl (C=O) groups is 3. The van der Waals surface area contributed by atoms with Gasteiger partial charge in [0.25, 0.3) is 0 Å². The average Bonchev–Trinajstić information content (AvgIpc) is 2.78. The van der Waals surface area contributed by atoms with Gasteiger partial charge in [-0.05, 0) is 18.1 Å². The van der Waals surface area contributed by atoms with Crippen molar-refractivity contribution in [2.45, 2.75) is 25.8 Å². The molecule has 1 aliphatic heterocycles. The van der Waals surface area contributed by atoms with Crippen LogP contribution in [0, 0.1) is 12.8 Å². The Kier molecular flexibility index (Phi) is 4.80. The summed E-state index contributed by atoms with van der Waals surface area (Å²) in [5.41, 5.74) is 1.71. The lowest BCUT2D eigenvalue weighted by Crippen LogP contribution is -2.36. The Bertz CT molecular complexity index is 600. The van der Waals surface area contributed by atoms with E-state index < -0.39 is 17.9 Å². The van der Waals surface area contributed by atoms with Gasteiger partial charge in [-0.25, -0.2) is 0 Å². The number of carboxylic acid groups (broad SMARTS) is 1. The van der Waals surface area contributed by atoms with Crippen molar-refractivity contribution in [2.24, 2.45) is 5.92 Å². The summed E-state index contributed by atoms with van der Waals surface area (Å²) in [6.45, 7) is 2.25. The molecule has 1 saturated heterocycles. The van der Waals surface area contributed by atoms with Crippen LogP contribution >= 0.6 is 0 Å². The molecule has 6 heteroatoms. The summed E-state index contributed by atoms with van der Waals surface area (Å²) < 4.78 is 0. The number of aliphatic carboxylic acids is 1. The lowest BCUT2D eigenvalue weighted by Gasteiger charge is -2.21. The summed E-state index contributed by atoms with van der Waals surface area (Å²) >= 11 is 0. The second kappa shape index (κ2) is 6.60. The summed E-state index contributed by atoms with van der Waals surface area (Å²) in [4.78, 5) is 36.5. The summed E-state index contributed by atoms with van der Waals surface area (Å²) in [5, 5.41) is 11.9. The van der Waals surface area contributed by atoms with E-state index in [9.17, 15) is 14.4 Å². The van der Waals surface area contributed by atoms with Crippen LogP contribution in [-0.2, 0) is 14.4 Å². The van der Waals surface area contributed by atoms with Gasteiger partial charge < -0.3 is 15.3 Å². The molecule has 1 aliphatic rings. The fourth-order valence-electron chi connectivity index (χ4n) is 2.72. The molecule has 1 aromatic rings. The minimum absolute atomic E-state index is 0.0640. The smallest absolute Gasteiger partial charge is 0.305 e. The summed E-state index contributed by atoms with van der Waals surface area (Å²) in [6.07, 6.45) is -0.0109. The summed E-state index contributed by atoms with van der Waals surface area (Å²) in [6, 6.07) is 6.78. The van der Waals surface area contributed by atoms with Crippen molar-refractivity contribution in [3.8, 4) is 0 Å². The number of likely N-dealkylation sites (tertiary alicyclic amines) is 1. The largest absolute Gasteiger partial charge is 0.481 e. The van der Waals surface area contributed by atoms with E-state index in [1.165, 1.54) is 4.90 Å². The van der Waals surface area contributed by atoms with E-state index in [1.54, 1.807) is 7.05 Å². The van der Waals surface area contributed by atoms with Crippen molar-refractivity contribution in [1.82, 2.24) is 10.2 Å². The highest BCUT2D eigenvalue weighted by Crippen LogP contribution is 2.23. The number of hydrogen-bond donors (Lipinski definition) is 2. The van der Waals surface area contributed by atoms with Crippen LogP contribution in [0.3, 0.4) is 0 Å². The molecule has 1 heterocycles. The van der Waals surface area contributed by atoms with Crippen LogP contribution in [-0.4, -0.2) is 41.4 Å². The molecule has 2 amide bonds. The van der Waals surface area contributed by atoms with E-state index in [1.807, 2.05) is 31.2 Å². The highest BCUT2D eigenvalue weighted by Gasteiger charge is 2.33. The second-order valence-corrected chi connectivity index (χ2v) is 5.69. The van der Waals surface area contributed by atoms with Crippen molar-refractivity contribution in [1.29, 1.82) is 0 Å². The van der Waals surface area contributed by atoms with E-state index in [4.69, 9.17) is 5.11 Å². The molecular weight excluding hydrogens is 284 g/mol. The number of carbonyl (C=O) groups excluding carboxylic acids is 2. The molecule has 1 fully saturated rings. The molecule has 2 atom stereocenters. The Hall–Kier alpha value is -2.37. The molecule has 0 aliphatic carbocycles. The standard InChI is InChI=1S/C16H20N2O4/c1-10-5-3-4-6-12(10)13(8-15(20)21)17-16(22)11-7-14(19)18(2)9-11/h3-6,11,13H,7-9H2,1-2H3,(H,17,22)(H,20,21). The number of rotatable bonds is 5. The highest BCUT2D eigenvalue weighted by atomic mass is 16.4. The SMILES string of the molecule is Cc1ccccc1C(CC(=O)O)NC(=O)C1CC(=O)N(C)C1. The van der Waals surface area contributed by atoms with E-state index in [0.717, 1.165) is 11.1 Å². The third-order valence-corrected chi connectivity index (χ3v) is 3.97. The molecule has 2 N–H and O–H groups in total. The third kappa shape index (κ3) is 3.63. The van der Waals surface area contributed by atoms with Crippen LogP contribution in [0.15, 0.2) is 24.3 Å². The van der Waals surface area contributed by atoms with Gasteiger partial charge in [-0.15, -0.1) is 0 Å². The van der Waals surface area contributed by atoms with E-state index in [0.29, 0.717) is 6.54 Å². The normalized spacial score (nSPS) is 19.1. The van der Waals surface area contributed by atoms with Gasteiger partial charge in [-0.3, -0.25) is 14.4 Å². The first kappa shape index (κ1) is 16.0. The van der Waals surface area contributed by atoms with Crippen LogP contribution in [0.1, 0.15) is 30.0 Å². The maximum atomic E-state index is 12.3. The van der Waals surface area contributed by atoms with Crippen molar-refractivity contribution < 1.29 is 19.5 Å². The first-order chi connectivity index (χ1) is 10.4. The molecule has 22 heavy (non-hydrogen) atoms. The first-order valence-electron chi connectivity index (χ1n) is 7.20. The van der Waals surface area contributed by atoms with Gasteiger partial charge in [0.2, 0.25) is 11.8 Å². The Morgan fingerprint density at radius 1 is 1.41 bits per heavy atom. The molecule has 2 unspecified atom stereocenters. The number of hydrogen-bond acceptors (Lipinski definition) is 3. The molecular formula is C16H20N2O4. The molecule has 0 aromatic heterocycles. The van der Waals surface area contributed by atoms with Crippen LogP contribution in [0.5, 0.6) is 0 Å². The number of nitrogens with one attached hydrogen (secondary N) is 1. The molecule has 0 radical (unpaired) electrons.